The first kappa shape index (κ1) is 19.9. The van der Waals surface area contributed by atoms with Gasteiger partial charge in [0.1, 0.15) is 23.3 Å². The summed E-state index contributed by atoms with van der Waals surface area (Å²) in [5, 5.41) is 10.4. The van der Waals surface area contributed by atoms with Crippen molar-refractivity contribution < 1.29 is 4.39 Å². The van der Waals surface area contributed by atoms with Crippen LogP contribution in [0.4, 0.5) is 21.7 Å². The van der Waals surface area contributed by atoms with Gasteiger partial charge in [-0.3, -0.25) is 0 Å². The molecule has 29 heavy (non-hydrogen) atoms. The Balaban J connectivity index is 1.39. The number of aromatic nitrogens is 2. The number of fused-ring (bicyclic) bond motifs is 1. The molecule has 2 heterocycles. The molecular weight excluding hydrogens is 365 g/mol. The van der Waals surface area contributed by atoms with Crippen LogP contribution in [0.15, 0.2) is 18.2 Å². The van der Waals surface area contributed by atoms with Gasteiger partial charge < -0.3 is 16.0 Å². The van der Waals surface area contributed by atoms with Crippen LogP contribution in [-0.2, 0) is 0 Å². The first-order valence-corrected chi connectivity index (χ1v) is 10.9. The van der Waals surface area contributed by atoms with Crippen molar-refractivity contribution in [1.29, 1.82) is 0 Å². The summed E-state index contributed by atoms with van der Waals surface area (Å²) in [6.07, 6.45) is 7.28. The topological polar surface area (TPSA) is 61.9 Å². The van der Waals surface area contributed by atoms with Crippen LogP contribution in [0.2, 0.25) is 0 Å². The van der Waals surface area contributed by atoms with Gasteiger partial charge >= 0.3 is 0 Å². The van der Waals surface area contributed by atoms with Gasteiger partial charge in [-0.05, 0) is 57.2 Å². The molecule has 0 spiro atoms. The van der Waals surface area contributed by atoms with E-state index in [2.05, 4.69) is 39.8 Å². The fourth-order valence-electron chi connectivity index (χ4n) is 4.84. The SMILES string of the molecule is Cc1nc(NCCC2c3c(C)ccc(F)c3NC2C)cc(NC2CCCCC2)n1. The number of hydrogen-bond acceptors (Lipinski definition) is 5. The van der Waals surface area contributed by atoms with Crippen LogP contribution in [0.3, 0.4) is 0 Å². The van der Waals surface area contributed by atoms with Gasteiger partial charge in [0.05, 0.1) is 5.69 Å². The Labute approximate surface area is 172 Å². The maximum absolute atomic E-state index is 14.2. The van der Waals surface area contributed by atoms with Crippen molar-refractivity contribution in [2.24, 2.45) is 0 Å². The highest BCUT2D eigenvalue weighted by Gasteiger charge is 2.32. The van der Waals surface area contributed by atoms with Gasteiger partial charge in [0.15, 0.2) is 0 Å². The van der Waals surface area contributed by atoms with Crippen LogP contribution < -0.4 is 16.0 Å². The summed E-state index contributed by atoms with van der Waals surface area (Å²) >= 11 is 0. The van der Waals surface area contributed by atoms with E-state index < -0.39 is 0 Å². The summed E-state index contributed by atoms with van der Waals surface area (Å²) in [4.78, 5) is 9.11. The summed E-state index contributed by atoms with van der Waals surface area (Å²) < 4.78 is 14.2. The number of benzene rings is 1. The van der Waals surface area contributed by atoms with Crippen LogP contribution in [0.1, 0.15) is 68.3 Å². The van der Waals surface area contributed by atoms with Crippen LogP contribution in [0.5, 0.6) is 0 Å². The Hall–Kier alpha value is -2.37. The number of nitrogens with zero attached hydrogens (tertiary/aromatic N) is 2. The van der Waals surface area contributed by atoms with E-state index in [0.717, 1.165) is 41.6 Å². The quantitative estimate of drug-likeness (QED) is 0.611. The van der Waals surface area contributed by atoms with E-state index >= 15 is 0 Å². The van der Waals surface area contributed by atoms with Crippen LogP contribution in [0, 0.1) is 19.7 Å². The van der Waals surface area contributed by atoms with Gasteiger partial charge in [-0.15, -0.1) is 0 Å². The fraction of sp³-hybridized carbons (Fsp3) is 0.565. The predicted octanol–water partition coefficient (Wildman–Crippen LogP) is 5.38. The molecule has 2 unspecified atom stereocenters. The van der Waals surface area contributed by atoms with Crippen molar-refractivity contribution in [3.63, 3.8) is 0 Å². The molecule has 1 aromatic carbocycles. The molecule has 0 radical (unpaired) electrons. The van der Waals surface area contributed by atoms with Gasteiger partial charge in [-0.25, -0.2) is 14.4 Å². The van der Waals surface area contributed by atoms with Crippen molar-refractivity contribution in [1.82, 2.24) is 9.97 Å². The summed E-state index contributed by atoms with van der Waals surface area (Å²) in [5.41, 5.74) is 2.96. The number of aryl methyl sites for hydroxylation is 2. The third-order valence-electron chi connectivity index (χ3n) is 6.32. The normalized spacial score (nSPS) is 21.5. The lowest BCUT2D eigenvalue weighted by molar-refractivity contribution is 0.462. The second-order valence-electron chi connectivity index (χ2n) is 8.57. The van der Waals surface area contributed by atoms with E-state index in [4.69, 9.17) is 0 Å². The average molecular weight is 398 g/mol. The number of halogens is 1. The van der Waals surface area contributed by atoms with E-state index in [0.29, 0.717) is 11.7 Å². The van der Waals surface area contributed by atoms with Crippen molar-refractivity contribution in [2.75, 3.05) is 22.5 Å². The molecule has 0 amide bonds. The van der Waals surface area contributed by atoms with E-state index in [-0.39, 0.29) is 17.8 Å². The minimum atomic E-state index is -0.155. The molecule has 1 fully saturated rings. The van der Waals surface area contributed by atoms with Crippen molar-refractivity contribution in [3.8, 4) is 0 Å². The Morgan fingerprint density at radius 1 is 1.10 bits per heavy atom. The molecule has 0 saturated heterocycles. The van der Waals surface area contributed by atoms with Crippen LogP contribution >= 0.6 is 0 Å². The standard InChI is InChI=1S/C23H32FN5/c1-14-9-10-19(24)23-22(14)18(15(2)26-23)11-12-25-20-13-21(28-16(3)27-20)29-17-7-5-4-6-8-17/h9-10,13,15,17-18,26H,4-8,11-12H2,1-3H3,(H2,25,27,28,29). The van der Waals surface area contributed by atoms with Gasteiger partial charge in [0, 0.05) is 30.6 Å². The Morgan fingerprint density at radius 3 is 2.66 bits per heavy atom. The Bertz CT molecular complexity index is 863. The van der Waals surface area contributed by atoms with Gasteiger partial charge in [0.25, 0.3) is 0 Å². The van der Waals surface area contributed by atoms with Crippen LogP contribution in [-0.4, -0.2) is 28.6 Å². The molecule has 2 aromatic rings. The molecule has 0 bridgehead atoms. The minimum absolute atomic E-state index is 0.155. The van der Waals surface area contributed by atoms with Gasteiger partial charge in [-0.2, -0.15) is 0 Å². The third-order valence-corrected chi connectivity index (χ3v) is 6.32. The van der Waals surface area contributed by atoms with Crippen molar-refractivity contribution in [3.05, 3.63) is 41.0 Å². The summed E-state index contributed by atoms with van der Waals surface area (Å²) in [6.45, 7) is 6.91. The zero-order chi connectivity index (χ0) is 20.4. The molecule has 1 saturated carbocycles. The third kappa shape index (κ3) is 4.46. The maximum Gasteiger partial charge on any atom is 0.146 e. The lowest BCUT2D eigenvalue weighted by Crippen LogP contribution is -2.23. The second-order valence-corrected chi connectivity index (χ2v) is 8.57. The van der Waals surface area contributed by atoms with Gasteiger partial charge in [-0.1, -0.05) is 25.3 Å². The van der Waals surface area contributed by atoms with Crippen molar-refractivity contribution in [2.45, 2.75) is 77.3 Å². The maximum atomic E-state index is 14.2. The van der Waals surface area contributed by atoms with E-state index in [1.807, 2.05) is 19.1 Å². The zero-order valence-electron chi connectivity index (χ0n) is 17.7. The first-order valence-electron chi connectivity index (χ1n) is 10.9. The van der Waals surface area contributed by atoms with E-state index in [1.54, 1.807) is 6.07 Å². The van der Waals surface area contributed by atoms with Gasteiger partial charge in [0.2, 0.25) is 0 Å². The Kier molecular flexibility index (Phi) is 5.88. The van der Waals surface area contributed by atoms with E-state index in [9.17, 15) is 4.39 Å². The molecule has 6 heteroatoms. The molecule has 1 aliphatic carbocycles. The summed E-state index contributed by atoms with van der Waals surface area (Å²) in [7, 11) is 0. The number of nitrogens with one attached hydrogen (secondary N) is 3. The molecule has 1 aromatic heterocycles. The van der Waals surface area contributed by atoms with Crippen molar-refractivity contribution >= 4 is 17.3 Å². The lowest BCUT2D eigenvalue weighted by atomic mass is 9.89. The molecule has 2 atom stereocenters. The average Bonchev–Trinajstić information content (AvgIpc) is 3.03. The van der Waals surface area contributed by atoms with Crippen LogP contribution in [0.25, 0.3) is 0 Å². The zero-order valence-corrected chi connectivity index (χ0v) is 17.7. The monoisotopic (exact) mass is 397 g/mol. The lowest BCUT2D eigenvalue weighted by Gasteiger charge is -2.23. The molecule has 4 rings (SSSR count). The van der Waals surface area contributed by atoms with E-state index in [1.165, 1.54) is 32.1 Å². The minimum Gasteiger partial charge on any atom is -0.379 e. The largest absolute Gasteiger partial charge is 0.379 e. The summed E-state index contributed by atoms with van der Waals surface area (Å²) in [5.74, 6) is 2.66. The molecule has 2 aliphatic rings. The molecular formula is C23H32FN5. The Morgan fingerprint density at radius 2 is 1.86 bits per heavy atom. The second kappa shape index (κ2) is 8.56. The first-order chi connectivity index (χ1) is 14.0. The highest BCUT2D eigenvalue weighted by Crippen LogP contribution is 2.41. The molecule has 5 nitrogen and oxygen atoms in total. The number of anilines is 3. The molecule has 1 aliphatic heterocycles. The summed E-state index contributed by atoms with van der Waals surface area (Å²) in [6, 6.07) is 6.19. The smallest absolute Gasteiger partial charge is 0.146 e. The highest BCUT2D eigenvalue weighted by molar-refractivity contribution is 5.63. The predicted molar refractivity (Wildman–Crippen MR) is 117 cm³/mol. The molecule has 156 valence electrons. The number of rotatable bonds is 6. The molecule has 3 N–H and O–H groups in total. The highest BCUT2D eigenvalue weighted by atomic mass is 19.1. The number of hydrogen-bond donors (Lipinski definition) is 3. The fourth-order valence-corrected chi connectivity index (χ4v) is 4.84.